The molecule has 0 bridgehead atoms. The first-order chi connectivity index (χ1) is 10.6. The molecule has 1 saturated heterocycles. The molecule has 1 aromatic rings. The molecular formula is C15H24N4O3. The van der Waals surface area contributed by atoms with Crippen LogP contribution in [0.2, 0.25) is 0 Å². The van der Waals surface area contributed by atoms with Crippen LogP contribution in [-0.4, -0.2) is 47.9 Å². The predicted octanol–water partition coefficient (Wildman–Crippen LogP) is 0.737. The Hall–Kier alpha value is -1.89. The molecular weight excluding hydrogens is 284 g/mol. The Morgan fingerprint density at radius 1 is 1.59 bits per heavy atom. The number of aromatic nitrogens is 2. The van der Waals surface area contributed by atoms with Crippen LogP contribution < -0.4 is 10.6 Å². The van der Waals surface area contributed by atoms with Crippen LogP contribution in [0, 0.1) is 5.92 Å². The lowest BCUT2D eigenvalue weighted by Crippen LogP contribution is -2.33. The zero-order valence-electron chi connectivity index (χ0n) is 13.2. The monoisotopic (exact) mass is 308 g/mol. The summed E-state index contributed by atoms with van der Waals surface area (Å²) in [5, 5.41) is 10.4. The van der Waals surface area contributed by atoms with Crippen molar-refractivity contribution in [2.45, 2.75) is 32.7 Å². The van der Waals surface area contributed by atoms with Crippen LogP contribution in [0.1, 0.15) is 43.2 Å². The Morgan fingerprint density at radius 2 is 2.41 bits per heavy atom. The van der Waals surface area contributed by atoms with Gasteiger partial charge in [-0.2, -0.15) is 5.10 Å². The summed E-state index contributed by atoms with van der Waals surface area (Å²) in [6.45, 7) is 5.99. The maximum absolute atomic E-state index is 12.1. The van der Waals surface area contributed by atoms with Crippen molar-refractivity contribution in [2.24, 2.45) is 5.92 Å². The van der Waals surface area contributed by atoms with Gasteiger partial charge in [-0.25, -0.2) is 0 Å². The first kappa shape index (κ1) is 16.5. The average molecular weight is 308 g/mol. The van der Waals surface area contributed by atoms with Gasteiger partial charge in [0.15, 0.2) is 0 Å². The second-order valence-electron chi connectivity index (χ2n) is 5.54. The SMILES string of the molecule is CCOC(=O)C(C)CNC(=O)c1ccn(C2CCCNC2)n1. The molecule has 0 saturated carbocycles. The van der Waals surface area contributed by atoms with E-state index >= 15 is 0 Å². The second-order valence-corrected chi connectivity index (χ2v) is 5.54. The summed E-state index contributed by atoms with van der Waals surface area (Å²) in [4.78, 5) is 23.6. The zero-order valence-corrected chi connectivity index (χ0v) is 13.2. The highest BCUT2D eigenvalue weighted by atomic mass is 16.5. The van der Waals surface area contributed by atoms with Crippen LogP contribution >= 0.6 is 0 Å². The van der Waals surface area contributed by atoms with E-state index in [1.807, 2.05) is 10.9 Å². The summed E-state index contributed by atoms with van der Waals surface area (Å²) in [5.74, 6) is -0.936. The predicted molar refractivity (Wildman–Crippen MR) is 81.5 cm³/mol. The van der Waals surface area contributed by atoms with Gasteiger partial charge in [0.05, 0.1) is 18.6 Å². The summed E-state index contributed by atoms with van der Waals surface area (Å²) in [5.41, 5.74) is 0.377. The van der Waals surface area contributed by atoms with Crippen molar-refractivity contribution in [1.29, 1.82) is 0 Å². The number of ether oxygens (including phenoxy) is 1. The van der Waals surface area contributed by atoms with Gasteiger partial charge in [-0.3, -0.25) is 14.3 Å². The fraction of sp³-hybridized carbons (Fsp3) is 0.667. The molecule has 7 heteroatoms. The third-order valence-electron chi connectivity index (χ3n) is 3.74. The lowest BCUT2D eigenvalue weighted by Gasteiger charge is -2.22. The van der Waals surface area contributed by atoms with Gasteiger partial charge in [-0.1, -0.05) is 6.92 Å². The molecule has 2 atom stereocenters. The molecule has 1 amide bonds. The van der Waals surface area contributed by atoms with Crippen molar-refractivity contribution in [3.8, 4) is 0 Å². The van der Waals surface area contributed by atoms with Gasteiger partial charge in [0, 0.05) is 19.3 Å². The normalized spacial score (nSPS) is 19.5. The molecule has 0 aliphatic carbocycles. The third kappa shape index (κ3) is 4.30. The van der Waals surface area contributed by atoms with E-state index < -0.39 is 0 Å². The number of esters is 1. The van der Waals surface area contributed by atoms with Crippen molar-refractivity contribution in [3.05, 3.63) is 18.0 Å². The lowest BCUT2D eigenvalue weighted by molar-refractivity contribution is -0.147. The van der Waals surface area contributed by atoms with Crippen LogP contribution in [-0.2, 0) is 9.53 Å². The fourth-order valence-corrected chi connectivity index (χ4v) is 2.43. The van der Waals surface area contributed by atoms with Crippen LogP contribution in [0.25, 0.3) is 0 Å². The summed E-state index contributed by atoms with van der Waals surface area (Å²) in [6.07, 6.45) is 4.01. The maximum atomic E-state index is 12.1. The number of nitrogens with one attached hydrogen (secondary N) is 2. The standard InChI is InChI=1S/C15H24N4O3/c1-3-22-15(21)11(2)9-17-14(20)13-6-8-19(18-13)12-5-4-7-16-10-12/h6,8,11-12,16H,3-5,7,9-10H2,1-2H3,(H,17,20). The zero-order chi connectivity index (χ0) is 15.9. The molecule has 1 aromatic heterocycles. The Morgan fingerprint density at radius 3 is 3.09 bits per heavy atom. The summed E-state index contributed by atoms with van der Waals surface area (Å²) < 4.78 is 6.75. The van der Waals surface area contributed by atoms with Crippen molar-refractivity contribution in [2.75, 3.05) is 26.2 Å². The van der Waals surface area contributed by atoms with Gasteiger partial charge in [-0.05, 0) is 32.4 Å². The molecule has 2 N–H and O–H groups in total. The number of nitrogens with zero attached hydrogens (tertiary/aromatic N) is 2. The van der Waals surface area contributed by atoms with Crippen LogP contribution in [0.15, 0.2) is 12.3 Å². The Bertz CT molecular complexity index is 509. The summed E-state index contributed by atoms with van der Waals surface area (Å²) in [7, 11) is 0. The molecule has 1 fully saturated rings. The molecule has 2 unspecified atom stereocenters. The maximum Gasteiger partial charge on any atom is 0.310 e. The highest BCUT2D eigenvalue weighted by Gasteiger charge is 2.19. The number of piperidine rings is 1. The van der Waals surface area contributed by atoms with Gasteiger partial charge < -0.3 is 15.4 Å². The number of carbonyl (C=O) groups is 2. The van der Waals surface area contributed by atoms with Gasteiger partial charge in [0.2, 0.25) is 0 Å². The van der Waals surface area contributed by atoms with Gasteiger partial charge in [0.1, 0.15) is 5.69 Å². The van der Waals surface area contributed by atoms with Crippen molar-refractivity contribution in [1.82, 2.24) is 20.4 Å². The van der Waals surface area contributed by atoms with E-state index in [1.165, 1.54) is 0 Å². The van der Waals surface area contributed by atoms with E-state index in [0.29, 0.717) is 18.3 Å². The van der Waals surface area contributed by atoms with E-state index in [4.69, 9.17) is 4.74 Å². The number of rotatable bonds is 6. The summed E-state index contributed by atoms with van der Waals surface area (Å²) in [6, 6.07) is 2.01. The quantitative estimate of drug-likeness (QED) is 0.757. The minimum atomic E-state index is -0.367. The smallest absolute Gasteiger partial charge is 0.310 e. The van der Waals surface area contributed by atoms with Crippen LogP contribution in [0.4, 0.5) is 0 Å². The topological polar surface area (TPSA) is 85.2 Å². The largest absolute Gasteiger partial charge is 0.466 e. The summed E-state index contributed by atoms with van der Waals surface area (Å²) >= 11 is 0. The minimum Gasteiger partial charge on any atom is -0.466 e. The molecule has 0 spiro atoms. The van der Waals surface area contributed by atoms with Crippen molar-refractivity contribution >= 4 is 11.9 Å². The second kappa shape index (κ2) is 7.93. The van der Waals surface area contributed by atoms with Gasteiger partial charge in [0.25, 0.3) is 5.91 Å². The van der Waals surface area contributed by atoms with Crippen LogP contribution in [0.3, 0.4) is 0 Å². The molecule has 1 aliphatic rings. The lowest BCUT2D eigenvalue weighted by atomic mass is 10.1. The molecule has 1 aliphatic heterocycles. The Balaban J connectivity index is 1.85. The van der Waals surface area contributed by atoms with E-state index in [9.17, 15) is 9.59 Å². The number of hydrogen-bond acceptors (Lipinski definition) is 5. The van der Waals surface area contributed by atoms with Gasteiger partial charge in [-0.15, -0.1) is 0 Å². The molecule has 0 aromatic carbocycles. The minimum absolute atomic E-state index is 0.246. The molecule has 0 radical (unpaired) electrons. The first-order valence-electron chi connectivity index (χ1n) is 7.82. The number of amides is 1. The Labute approximate surface area is 130 Å². The highest BCUT2D eigenvalue weighted by Crippen LogP contribution is 2.15. The first-order valence-corrected chi connectivity index (χ1v) is 7.82. The number of hydrogen-bond donors (Lipinski definition) is 2. The van der Waals surface area contributed by atoms with E-state index in [-0.39, 0.29) is 24.3 Å². The highest BCUT2D eigenvalue weighted by molar-refractivity contribution is 5.92. The van der Waals surface area contributed by atoms with Crippen LogP contribution in [0.5, 0.6) is 0 Å². The van der Waals surface area contributed by atoms with E-state index in [2.05, 4.69) is 15.7 Å². The molecule has 22 heavy (non-hydrogen) atoms. The molecule has 2 rings (SSSR count). The fourth-order valence-electron chi connectivity index (χ4n) is 2.43. The van der Waals surface area contributed by atoms with E-state index in [0.717, 1.165) is 25.9 Å². The van der Waals surface area contributed by atoms with Gasteiger partial charge >= 0.3 is 5.97 Å². The average Bonchev–Trinajstić information content (AvgIpc) is 3.03. The Kier molecular flexibility index (Phi) is 5.94. The molecule has 7 nitrogen and oxygen atoms in total. The molecule has 122 valence electrons. The number of carbonyl (C=O) groups excluding carboxylic acids is 2. The molecule has 2 heterocycles. The van der Waals surface area contributed by atoms with Crippen molar-refractivity contribution in [3.63, 3.8) is 0 Å². The van der Waals surface area contributed by atoms with Crippen molar-refractivity contribution < 1.29 is 14.3 Å². The van der Waals surface area contributed by atoms with E-state index in [1.54, 1.807) is 19.9 Å². The third-order valence-corrected chi connectivity index (χ3v) is 3.74.